The molecule has 0 bridgehead atoms. The van der Waals surface area contributed by atoms with Gasteiger partial charge in [0.25, 0.3) is 7.66 Å². The van der Waals surface area contributed by atoms with Crippen LogP contribution in [0.15, 0.2) is 30.3 Å². The average Bonchev–Trinajstić information content (AvgIpc) is 2.14. The first kappa shape index (κ1) is 11.9. The molecular weight excluding hydrogens is 256 g/mol. The second-order valence-corrected chi connectivity index (χ2v) is 8.79. The van der Waals surface area contributed by atoms with E-state index in [1.54, 1.807) is 0 Å². The fourth-order valence-electron chi connectivity index (χ4n) is 0.937. The molecule has 0 fully saturated rings. The Bertz CT molecular complexity index is 268. The van der Waals surface area contributed by atoms with E-state index in [1.807, 2.05) is 18.2 Å². The molecule has 14 heavy (non-hydrogen) atoms. The van der Waals surface area contributed by atoms with E-state index in [0.717, 1.165) is 0 Å². The summed E-state index contributed by atoms with van der Waals surface area (Å²) in [6.07, 6.45) is 0. The van der Waals surface area contributed by atoms with E-state index in [2.05, 4.69) is 48.2 Å². The molecule has 0 heterocycles. The molecule has 0 amide bonds. The molecule has 0 aliphatic carbocycles. The number of benzene rings is 1. The molecule has 0 aliphatic rings. The maximum absolute atomic E-state index is 5.81. The van der Waals surface area contributed by atoms with Gasteiger partial charge < -0.3 is 4.43 Å². The Morgan fingerprint density at radius 1 is 1.21 bits per heavy atom. The molecule has 0 atom stereocenters. The highest BCUT2D eigenvalue weighted by Crippen LogP contribution is 2.31. The predicted molar refractivity (Wildman–Crippen MR) is 65.6 cm³/mol. The highest BCUT2D eigenvalue weighted by molar-refractivity contribution is 9.24. The monoisotopic (exact) mass is 271 g/mol. The Hall–Kier alpha value is -0.123. The lowest BCUT2D eigenvalue weighted by atomic mass is 10.2. The van der Waals surface area contributed by atoms with Crippen molar-refractivity contribution < 1.29 is 4.43 Å². The van der Waals surface area contributed by atoms with Crippen molar-refractivity contribution in [2.75, 3.05) is 0 Å². The molecule has 77 valence electrons. The summed E-state index contributed by atoms with van der Waals surface area (Å²) in [6, 6.07) is 10.3. The molecule has 0 aromatic heterocycles. The van der Waals surface area contributed by atoms with Crippen molar-refractivity contribution in [3.05, 3.63) is 35.9 Å². The van der Waals surface area contributed by atoms with Gasteiger partial charge in [0.15, 0.2) is 0 Å². The third kappa shape index (κ3) is 3.94. The van der Waals surface area contributed by atoms with Crippen LogP contribution >= 0.6 is 15.3 Å². The number of hydrogen-bond acceptors (Lipinski definition) is 1. The Morgan fingerprint density at radius 3 is 2.29 bits per heavy atom. The smallest absolute Gasteiger partial charge is 0.298 e. The number of rotatable bonds is 3. The summed E-state index contributed by atoms with van der Waals surface area (Å²) in [5.41, 5.74) is 1.23. The lowest BCUT2D eigenvalue weighted by Crippen LogP contribution is -2.22. The van der Waals surface area contributed by atoms with Gasteiger partial charge in [0.05, 0.1) is 6.61 Å². The van der Waals surface area contributed by atoms with Gasteiger partial charge in [-0.25, -0.2) is 0 Å². The van der Waals surface area contributed by atoms with Crippen LogP contribution in [0.2, 0.25) is 5.04 Å². The van der Waals surface area contributed by atoms with Gasteiger partial charge in [0.2, 0.25) is 0 Å². The van der Waals surface area contributed by atoms with E-state index in [1.165, 1.54) is 5.56 Å². The van der Waals surface area contributed by atoms with Crippen molar-refractivity contribution >= 4 is 23.0 Å². The van der Waals surface area contributed by atoms with Gasteiger partial charge >= 0.3 is 0 Å². The molecule has 1 nitrogen and oxygen atoms in total. The molecule has 3 heteroatoms. The second kappa shape index (κ2) is 5.10. The Kier molecular flexibility index (Phi) is 4.35. The zero-order valence-corrected chi connectivity index (χ0v) is 11.5. The van der Waals surface area contributed by atoms with Gasteiger partial charge in [0.1, 0.15) is 0 Å². The Morgan fingerprint density at radius 2 is 1.79 bits per heavy atom. The zero-order valence-electron chi connectivity index (χ0n) is 8.88. The van der Waals surface area contributed by atoms with Gasteiger partial charge in [-0.2, -0.15) is 0 Å². The number of halogens is 1. The van der Waals surface area contributed by atoms with Crippen molar-refractivity contribution in [3.8, 4) is 0 Å². The molecule has 0 spiro atoms. The quantitative estimate of drug-likeness (QED) is 0.599. The summed E-state index contributed by atoms with van der Waals surface area (Å²) in [5, 5.41) is 0.236. The molecule has 0 saturated heterocycles. The first-order chi connectivity index (χ1) is 6.50. The summed E-state index contributed by atoms with van der Waals surface area (Å²) in [5.74, 6) is 0. The average molecular weight is 272 g/mol. The van der Waals surface area contributed by atoms with E-state index in [-0.39, 0.29) is 5.04 Å². The summed E-state index contributed by atoms with van der Waals surface area (Å²) < 4.78 is 5.81. The molecule has 0 aliphatic heterocycles. The van der Waals surface area contributed by atoms with E-state index >= 15 is 0 Å². The largest absolute Gasteiger partial charge is 0.401 e. The van der Waals surface area contributed by atoms with E-state index in [4.69, 9.17) is 4.43 Å². The maximum Gasteiger partial charge on any atom is 0.298 e. The highest BCUT2D eigenvalue weighted by atomic mass is 79.9. The van der Waals surface area contributed by atoms with Crippen LogP contribution < -0.4 is 0 Å². The van der Waals surface area contributed by atoms with Crippen LogP contribution in [-0.4, -0.2) is 7.66 Å². The molecule has 0 unspecified atom stereocenters. The third-order valence-electron chi connectivity index (χ3n) is 1.80. The van der Waals surface area contributed by atoms with E-state index < -0.39 is 7.66 Å². The lowest BCUT2D eigenvalue weighted by Gasteiger charge is -2.22. The predicted octanol–water partition coefficient (Wildman–Crippen LogP) is 3.89. The van der Waals surface area contributed by atoms with Crippen molar-refractivity contribution in [2.24, 2.45) is 0 Å². The first-order valence-corrected chi connectivity index (χ1v) is 8.36. The Balaban J connectivity index is 2.42. The molecule has 1 radical (unpaired) electrons. The molecule has 0 saturated carbocycles. The van der Waals surface area contributed by atoms with Crippen LogP contribution in [-0.2, 0) is 11.0 Å². The standard InChI is InChI=1S/C11H16BrOSi/c1-11(2,3)14(12)13-9-10-7-5-4-6-8-10/h4-8H,9H2,1-3H3. The molecular formula is C11H16BrOSi. The van der Waals surface area contributed by atoms with Crippen molar-refractivity contribution in [1.82, 2.24) is 0 Å². The van der Waals surface area contributed by atoms with E-state index in [9.17, 15) is 0 Å². The molecule has 0 N–H and O–H groups in total. The van der Waals surface area contributed by atoms with Crippen molar-refractivity contribution in [1.29, 1.82) is 0 Å². The molecule has 1 aromatic rings. The van der Waals surface area contributed by atoms with Crippen LogP contribution in [0.25, 0.3) is 0 Å². The van der Waals surface area contributed by atoms with Gasteiger partial charge in [-0.05, 0) is 10.6 Å². The van der Waals surface area contributed by atoms with Crippen LogP contribution in [0.5, 0.6) is 0 Å². The van der Waals surface area contributed by atoms with E-state index in [0.29, 0.717) is 6.61 Å². The fraction of sp³-hybridized carbons (Fsp3) is 0.455. The Labute approximate surface area is 95.8 Å². The molecule has 1 rings (SSSR count). The van der Waals surface area contributed by atoms with Crippen molar-refractivity contribution in [2.45, 2.75) is 32.4 Å². The highest BCUT2D eigenvalue weighted by Gasteiger charge is 2.26. The summed E-state index contributed by atoms with van der Waals surface area (Å²) >= 11 is 3.64. The van der Waals surface area contributed by atoms with Gasteiger partial charge in [-0.15, -0.1) is 0 Å². The normalized spacial score (nSPS) is 12.1. The minimum atomic E-state index is -0.890. The lowest BCUT2D eigenvalue weighted by molar-refractivity contribution is 0.305. The third-order valence-corrected chi connectivity index (χ3v) is 7.63. The first-order valence-electron chi connectivity index (χ1n) is 4.70. The van der Waals surface area contributed by atoms with Crippen LogP contribution in [0.1, 0.15) is 26.3 Å². The van der Waals surface area contributed by atoms with Crippen LogP contribution in [0, 0.1) is 0 Å². The SMILES string of the molecule is CC(C)(C)[Si](Br)OCc1ccccc1. The van der Waals surface area contributed by atoms with Crippen LogP contribution in [0.3, 0.4) is 0 Å². The summed E-state index contributed by atoms with van der Waals surface area (Å²) in [4.78, 5) is 0. The van der Waals surface area contributed by atoms with Gasteiger partial charge in [0, 0.05) is 0 Å². The van der Waals surface area contributed by atoms with Gasteiger partial charge in [-0.1, -0.05) is 66.4 Å². The van der Waals surface area contributed by atoms with Crippen molar-refractivity contribution in [3.63, 3.8) is 0 Å². The minimum Gasteiger partial charge on any atom is -0.401 e. The van der Waals surface area contributed by atoms with Crippen LogP contribution in [0.4, 0.5) is 0 Å². The van der Waals surface area contributed by atoms with Gasteiger partial charge in [-0.3, -0.25) is 0 Å². The topological polar surface area (TPSA) is 9.23 Å². The zero-order chi connectivity index (χ0) is 10.6. The maximum atomic E-state index is 5.81. The summed E-state index contributed by atoms with van der Waals surface area (Å²) in [6.45, 7) is 7.29. The minimum absolute atomic E-state index is 0.236. The number of hydrogen-bond donors (Lipinski definition) is 0. The molecule has 1 aromatic carbocycles. The summed E-state index contributed by atoms with van der Waals surface area (Å²) in [7, 11) is -0.890. The fourth-order valence-corrected chi connectivity index (χ4v) is 2.01. The second-order valence-electron chi connectivity index (χ2n) is 4.30.